The van der Waals surface area contributed by atoms with E-state index in [1.54, 1.807) is 18.6 Å². The Hall–Kier alpha value is -2.77. The van der Waals surface area contributed by atoms with E-state index in [2.05, 4.69) is 10.3 Å². The highest BCUT2D eigenvalue weighted by molar-refractivity contribution is 7.13. The van der Waals surface area contributed by atoms with Gasteiger partial charge in [0.25, 0.3) is 5.91 Å². The smallest absolute Gasteiger partial charge is 0.270 e. The standard InChI is InChI=1S/C21H22FN3O2S/c1-25(2)19(15-5-4-6-16(22)11-15)12-23-20(26)18-13-28-21(24-18)14-7-9-17(27-3)10-8-14/h4-11,13,19H,12H2,1-3H3,(H,23,26)/t19-/m0/s1. The topological polar surface area (TPSA) is 54.5 Å². The number of carbonyl (C=O) groups is 1. The van der Waals surface area contributed by atoms with Gasteiger partial charge in [-0.3, -0.25) is 4.79 Å². The Bertz CT molecular complexity index is 941. The highest BCUT2D eigenvalue weighted by Crippen LogP contribution is 2.26. The van der Waals surface area contributed by atoms with Gasteiger partial charge in [-0.2, -0.15) is 0 Å². The van der Waals surface area contributed by atoms with Crippen LogP contribution in [0.15, 0.2) is 53.9 Å². The van der Waals surface area contributed by atoms with Crippen LogP contribution in [0, 0.1) is 5.82 Å². The summed E-state index contributed by atoms with van der Waals surface area (Å²) in [5.41, 5.74) is 2.10. The quantitative estimate of drug-likeness (QED) is 0.653. The van der Waals surface area contributed by atoms with Gasteiger partial charge in [-0.15, -0.1) is 11.3 Å². The largest absolute Gasteiger partial charge is 0.497 e. The van der Waals surface area contributed by atoms with Crippen molar-refractivity contribution in [2.45, 2.75) is 6.04 Å². The number of hydrogen-bond donors (Lipinski definition) is 1. The molecule has 0 saturated carbocycles. The van der Waals surface area contributed by atoms with E-state index in [-0.39, 0.29) is 17.8 Å². The first-order chi connectivity index (χ1) is 13.5. The number of likely N-dealkylation sites (N-methyl/N-ethyl adjacent to an activating group) is 1. The summed E-state index contributed by atoms with van der Waals surface area (Å²) < 4.78 is 18.7. The van der Waals surface area contributed by atoms with Gasteiger partial charge in [0.2, 0.25) is 0 Å². The SMILES string of the molecule is COc1ccc(-c2nc(C(=O)NC[C@@H](c3cccc(F)c3)N(C)C)cs2)cc1. The Balaban J connectivity index is 1.68. The second kappa shape index (κ2) is 8.95. The minimum atomic E-state index is -0.292. The number of ether oxygens (including phenoxy) is 1. The normalized spacial score (nSPS) is 12.0. The molecule has 0 radical (unpaired) electrons. The molecule has 146 valence electrons. The molecule has 1 amide bonds. The molecule has 7 heteroatoms. The van der Waals surface area contributed by atoms with Crippen molar-refractivity contribution in [1.82, 2.24) is 15.2 Å². The van der Waals surface area contributed by atoms with Gasteiger partial charge in [0, 0.05) is 17.5 Å². The highest BCUT2D eigenvalue weighted by Gasteiger charge is 2.18. The van der Waals surface area contributed by atoms with Crippen molar-refractivity contribution in [3.05, 3.63) is 71.0 Å². The van der Waals surface area contributed by atoms with Gasteiger partial charge in [-0.05, 0) is 56.1 Å². The molecule has 0 unspecified atom stereocenters. The number of benzene rings is 2. The lowest BCUT2D eigenvalue weighted by molar-refractivity contribution is 0.0937. The number of nitrogens with one attached hydrogen (secondary N) is 1. The molecule has 0 saturated heterocycles. The van der Waals surface area contributed by atoms with Gasteiger partial charge in [-0.1, -0.05) is 12.1 Å². The maximum absolute atomic E-state index is 13.5. The molecule has 0 aliphatic rings. The number of aromatic nitrogens is 1. The molecule has 5 nitrogen and oxygen atoms in total. The van der Waals surface area contributed by atoms with Gasteiger partial charge in [0.15, 0.2) is 0 Å². The number of nitrogens with zero attached hydrogens (tertiary/aromatic N) is 2. The zero-order valence-electron chi connectivity index (χ0n) is 16.0. The zero-order chi connectivity index (χ0) is 20.1. The fourth-order valence-corrected chi connectivity index (χ4v) is 3.64. The summed E-state index contributed by atoms with van der Waals surface area (Å²) in [7, 11) is 5.41. The second-order valence-corrected chi connectivity index (χ2v) is 7.37. The molecule has 28 heavy (non-hydrogen) atoms. The lowest BCUT2D eigenvalue weighted by atomic mass is 10.1. The van der Waals surface area contributed by atoms with E-state index in [0.29, 0.717) is 12.2 Å². The lowest BCUT2D eigenvalue weighted by Crippen LogP contribution is -2.34. The van der Waals surface area contributed by atoms with Crippen LogP contribution in [0.25, 0.3) is 10.6 Å². The first-order valence-electron chi connectivity index (χ1n) is 8.78. The molecular weight excluding hydrogens is 377 g/mol. The van der Waals surface area contributed by atoms with E-state index in [9.17, 15) is 9.18 Å². The molecule has 3 rings (SSSR count). The molecule has 0 bridgehead atoms. The fraction of sp³-hybridized carbons (Fsp3) is 0.238. The summed E-state index contributed by atoms with van der Waals surface area (Å²) in [6, 6.07) is 13.8. The summed E-state index contributed by atoms with van der Waals surface area (Å²) in [6.45, 7) is 0.352. The molecule has 0 fully saturated rings. The van der Waals surface area contributed by atoms with Crippen molar-refractivity contribution in [2.24, 2.45) is 0 Å². The van der Waals surface area contributed by atoms with E-state index < -0.39 is 0 Å². The summed E-state index contributed by atoms with van der Waals surface area (Å²) in [4.78, 5) is 18.9. The Morgan fingerprint density at radius 3 is 2.64 bits per heavy atom. The Labute approximate surface area is 167 Å². The first kappa shape index (κ1) is 20.0. The molecule has 0 spiro atoms. The molecule has 1 N–H and O–H groups in total. The van der Waals surface area contributed by atoms with Crippen LogP contribution in [0.2, 0.25) is 0 Å². The van der Waals surface area contributed by atoms with Gasteiger partial charge in [0.1, 0.15) is 22.3 Å². The maximum Gasteiger partial charge on any atom is 0.270 e. The van der Waals surface area contributed by atoms with Gasteiger partial charge >= 0.3 is 0 Å². The maximum atomic E-state index is 13.5. The molecule has 1 aromatic heterocycles. The molecule has 0 aliphatic heterocycles. The average molecular weight is 399 g/mol. The van der Waals surface area contributed by atoms with Crippen LogP contribution in [-0.4, -0.2) is 43.5 Å². The third-order valence-electron chi connectivity index (χ3n) is 4.39. The summed E-state index contributed by atoms with van der Waals surface area (Å²) >= 11 is 1.41. The van der Waals surface area contributed by atoms with Crippen LogP contribution < -0.4 is 10.1 Å². The minimum absolute atomic E-state index is 0.139. The van der Waals surface area contributed by atoms with Crippen molar-refractivity contribution in [3.8, 4) is 16.3 Å². The van der Waals surface area contributed by atoms with Crippen LogP contribution in [0.3, 0.4) is 0 Å². The fourth-order valence-electron chi connectivity index (χ4n) is 2.84. The highest BCUT2D eigenvalue weighted by atomic mass is 32.1. The molecular formula is C21H22FN3O2S. The monoisotopic (exact) mass is 399 g/mol. The van der Waals surface area contributed by atoms with E-state index in [1.807, 2.05) is 49.3 Å². The molecule has 2 aromatic carbocycles. The molecule has 1 heterocycles. The lowest BCUT2D eigenvalue weighted by Gasteiger charge is -2.25. The minimum Gasteiger partial charge on any atom is -0.497 e. The van der Waals surface area contributed by atoms with Crippen LogP contribution in [-0.2, 0) is 0 Å². The van der Waals surface area contributed by atoms with E-state index in [0.717, 1.165) is 21.9 Å². The number of rotatable bonds is 7. The number of hydrogen-bond acceptors (Lipinski definition) is 5. The predicted octanol–water partition coefficient (Wildman–Crippen LogP) is 3.99. The predicted molar refractivity (Wildman–Crippen MR) is 109 cm³/mol. The first-order valence-corrected chi connectivity index (χ1v) is 9.66. The zero-order valence-corrected chi connectivity index (χ0v) is 16.8. The third kappa shape index (κ3) is 4.74. The Morgan fingerprint density at radius 2 is 2.00 bits per heavy atom. The van der Waals surface area contributed by atoms with E-state index >= 15 is 0 Å². The number of methoxy groups -OCH3 is 1. The van der Waals surface area contributed by atoms with Crippen molar-refractivity contribution < 1.29 is 13.9 Å². The van der Waals surface area contributed by atoms with Crippen molar-refractivity contribution in [2.75, 3.05) is 27.7 Å². The van der Waals surface area contributed by atoms with Gasteiger partial charge < -0.3 is 15.0 Å². The Morgan fingerprint density at radius 1 is 1.25 bits per heavy atom. The van der Waals surface area contributed by atoms with Crippen molar-refractivity contribution >= 4 is 17.2 Å². The summed E-state index contributed by atoms with van der Waals surface area (Å²) in [5, 5.41) is 5.41. The average Bonchev–Trinajstić information content (AvgIpc) is 3.18. The van der Waals surface area contributed by atoms with Gasteiger partial charge in [0.05, 0.1) is 13.2 Å². The van der Waals surface area contributed by atoms with Gasteiger partial charge in [-0.25, -0.2) is 9.37 Å². The van der Waals surface area contributed by atoms with Crippen LogP contribution in [0.1, 0.15) is 22.1 Å². The summed E-state index contributed by atoms with van der Waals surface area (Å²) in [5.74, 6) is 0.226. The Kier molecular flexibility index (Phi) is 6.38. The molecule has 1 atom stereocenters. The number of halogens is 1. The van der Waals surface area contributed by atoms with Crippen molar-refractivity contribution in [1.29, 1.82) is 0 Å². The van der Waals surface area contributed by atoms with E-state index in [1.165, 1.54) is 23.5 Å². The number of thiazole rings is 1. The molecule has 3 aromatic rings. The number of amides is 1. The second-order valence-electron chi connectivity index (χ2n) is 6.51. The third-order valence-corrected chi connectivity index (χ3v) is 5.28. The van der Waals surface area contributed by atoms with Crippen LogP contribution in [0.4, 0.5) is 4.39 Å². The van der Waals surface area contributed by atoms with Crippen LogP contribution >= 0.6 is 11.3 Å². The van der Waals surface area contributed by atoms with E-state index in [4.69, 9.17) is 4.74 Å². The van der Waals surface area contributed by atoms with Crippen molar-refractivity contribution in [3.63, 3.8) is 0 Å². The molecule has 0 aliphatic carbocycles. The van der Waals surface area contributed by atoms with Crippen LogP contribution in [0.5, 0.6) is 5.75 Å². The summed E-state index contributed by atoms with van der Waals surface area (Å²) in [6.07, 6.45) is 0. The number of carbonyl (C=O) groups excluding carboxylic acids is 1.